The van der Waals surface area contributed by atoms with Gasteiger partial charge in [-0.2, -0.15) is 0 Å². The molecule has 0 bridgehead atoms. The molecule has 84 valence electrons. The Morgan fingerprint density at radius 1 is 1.13 bits per heavy atom. The van der Waals surface area contributed by atoms with Gasteiger partial charge in [0.05, 0.1) is 0 Å². The number of benzene rings is 1. The second kappa shape index (κ2) is 5.55. The first kappa shape index (κ1) is 12.6. The van der Waals surface area contributed by atoms with E-state index in [9.17, 15) is 0 Å². The summed E-state index contributed by atoms with van der Waals surface area (Å²) in [5, 5.41) is 0.260. The molecule has 0 spiro atoms. The van der Waals surface area contributed by atoms with E-state index in [-0.39, 0.29) is 5.38 Å². The van der Waals surface area contributed by atoms with Gasteiger partial charge in [0.25, 0.3) is 0 Å². The smallest absolute Gasteiger partial charge is 0.0401 e. The van der Waals surface area contributed by atoms with E-state index in [1.807, 2.05) is 0 Å². The van der Waals surface area contributed by atoms with E-state index in [1.54, 1.807) is 0 Å². The Bertz CT molecular complexity index is 297. The van der Waals surface area contributed by atoms with Crippen LogP contribution in [0.25, 0.3) is 0 Å². The van der Waals surface area contributed by atoms with Gasteiger partial charge >= 0.3 is 0 Å². The molecule has 1 rings (SSSR count). The van der Waals surface area contributed by atoms with Gasteiger partial charge in [0.1, 0.15) is 0 Å². The highest BCUT2D eigenvalue weighted by Crippen LogP contribution is 2.27. The van der Waals surface area contributed by atoms with Crippen molar-refractivity contribution in [1.29, 1.82) is 0 Å². The van der Waals surface area contributed by atoms with Crippen molar-refractivity contribution in [2.75, 3.05) is 0 Å². The Balaban J connectivity index is 2.85. The van der Waals surface area contributed by atoms with E-state index in [1.165, 1.54) is 16.7 Å². The first-order chi connectivity index (χ1) is 7.04. The van der Waals surface area contributed by atoms with Gasteiger partial charge in [0, 0.05) is 5.38 Å². The number of hydrogen-bond acceptors (Lipinski definition) is 0. The minimum Gasteiger partial charge on any atom is -0.122 e. The van der Waals surface area contributed by atoms with Crippen molar-refractivity contribution in [2.24, 2.45) is 0 Å². The van der Waals surface area contributed by atoms with E-state index in [4.69, 9.17) is 11.6 Å². The standard InChI is InChI=1S/C14H21Cl/c1-5-6-14(15)12(4)13-8-10(2)7-11(3)9-13/h7-9,12,14H,5-6H2,1-4H3. The van der Waals surface area contributed by atoms with Crippen molar-refractivity contribution in [2.45, 2.75) is 51.8 Å². The van der Waals surface area contributed by atoms with Crippen molar-refractivity contribution in [3.8, 4) is 0 Å². The molecule has 0 nitrogen and oxygen atoms in total. The lowest BCUT2D eigenvalue weighted by Gasteiger charge is -2.18. The van der Waals surface area contributed by atoms with Crippen LogP contribution in [-0.4, -0.2) is 5.38 Å². The van der Waals surface area contributed by atoms with Gasteiger partial charge in [-0.05, 0) is 31.7 Å². The number of halogens is 1. The molecule has 0 saturated heterocycles. The van der Waals surface area contributed by atoms with E-state index in [0.717, 1.165) is 12.8 Å². The fraction of sp³-hybridized carbons (Fsp3) is 0.571. The largest absolute Gasteiger partial charge is 0.122 e. The minimum atomic E-state index is 0.260. The summed E-state index contributed by atoms with van der Waals surface area (Å²) in [4.78, 5) is 0. The van der Waals surface area contributed by atoms with Crippen LogP contribution in [0.1, 0.15) is 49.3 Å². The molecule has 0 aliphatic rings. The zero-order chi connectivity index (χ0) is 11.4. The highest BCUT2D eigenvalue weighted by molar-refractivity contribution is 6.21. The van der Waals surface area contributed by atoms with Crippen LogP contribution in [0.4, 0.5) is 0 Å². The van der Waals surface area contributed by atoms with E-state index < -0.39 is 0 Å². The molecule has 0 saturated carbocycles. The summed E-state index contributed by atoms with van der Waals surface area (Å²) in [5.41, 5.74) is 4.04. The molecule has 1 aromatic carbocycles. The molecule has 0 radical (unpaired) electrons. The van der Waals surface area contributed by atoms with Crippen LogP contribution < -0.4 is 0 Å². The Morgan fingerprint density at radius 3 is 2.13 bits per heavy atom. The van der Waals surface area contributed by atoms with Crippen molar-refractivity contribution < 1.29 is 0 Å². The average Bonchev–Trinajstić information content (AvgIpc) is 2.15. The predicted molar refractivity (Wildman–Crippen MR) is 68.9 cm³/mol. The van der Waals surface area contributed by atoms with Crippen LogP contribution >= 0.6 is 11.6 Å². The van der Waals surface area contributed by atoms with Crippen molar-refractivity contribution >= 4 is 11.6 Å². The van der Waals surface area contributed by atoms with Crippen LogP contribution in [0.3, 0.4) is 0 Å². The minimum absolute atomic E-state index is 0.260. The molecule has 0 N–H and O–H groups in total. The third-order valence-electron chi connectivity index (χ3n) is 2.88. The Labute approximate surface area is 98.7 Å². The summed E-state index contributed by atoms with van der Waals surface area (Å²) in [5.74, 6) is 0.449. The molecule has 15 heavy (non-hydrogen) atoms. The quantitative estimate of drug-likeness (QED) is 0.644. The summed E-state index contributed by atoms with van der Waals surface area (Å²) < 4.78 is 0. The molecule has 0 amide bonds. The highest BCUT2D eigenvalue weighted by atomic mass is 35.5. The molecule has 0 aromatic heterocycles. The maximum atomic E-state index is 6.37. The monoisotopic (exact) mass is 224 g/mol. The predicted octanol–water partition coefficient (Wildman–Crippen LogP) is 4.81. The van der Waals surface area contributed by atoms with Crippen LogP contribution in [-0.2, 0) is 0 Å². The molecule has 0 fully saturated rings. The normalized spacial score (nSPS) is 15.0. The van der Waals surface area contributed by atoms with Crippen LogP contribution in [0.15, 0.2) is 18.2 Å². The fourth-order valence-corrected chi connectivity index (χ4v) is 2.37. The first-order valence-corrected chi connectivity index (χ1v) is 6.20. The molecule has 2 unspecified atom stereocenters. The van der Waals surface area contributed by atoms with E-state index in [2.05, 4.69) is 45.9 Å². The number of hydrogen-bond donors (Lipinski definition) is 0. The summed E-state index contributed by atoms with van der Waals surface area (Å²) in [6.45, 7) is 8.70. The molecule has 0 aliphatic carbocycles. The summed E-state index contributed by atoms with van der Waals surface area (Å²) in [6, 6.07) is 6.71. The Morgan fingerprint density at radius 2 is 1.67 bits per heavy atom. The van der Waals surface area contributed by atoms with Gasteiger partial charge in [0.2, 0.25) is 0 Å². The first-order valence-electron chi connectivity index (χ1n) is 5.76. The number of alkyl halides is 1. The van der Waals surface area contributed by atoms with Gasteiger partial charge < -0.3 is 0 Å². The highest BCUT2D eigenvalue weighted by Gasteiger charge is 2.15. The topological polar surface area (TPSA) is 0 Å². The molecular weight excluding hydrogens is 204 g/mol. The molecular formula is C14H21Cl. The molecule has 0 heterocycles. The summed E-state index contributed by atoms with van der Waals surface area (Å²) >= 11 is 6.37. The van der Waals surface area contributed by atoms with Gasteiger partial charge in [-0.25, -0.2) is 0 Å². The second-order valence-corrected chi connectivity index (χ2v) is 5.07. The molecule has 0 aliphatic heterocycles. The Kier molecular flexibility index (Phi) is 4.66. The lowest BCUT2D eigenvalue weighted by atomic mass is 9.92. The van der Waals surface area contributed by atoms with Crippen molar-refractivity contribution in [3.63, 3.8) is 0 Å². The second-order valence-electron chi connectivity index (χ2n) is 4.51. The average molecular weight is 225 g/mol. The lowest BCUT2D eigenvalue weighted by Crippen LogP contribution is -2.09. The van der Waals surface area contributed by atoms with E-state index >= 15 is 0 Å². The maximum Gasteiger partial charge on any atom is 0.0401 e. The van der Waals surface area contributed by atoms with Crippen LogP contribution in [0.5, 0.6) is 0 Å². The van der Waals surface area contributed by atoms with Crippen molar-refractivity contribution in [3.05, 3.63) is 34.9 Å². The third kappa shape index (κ3) is 3.53. The zero-order valence-corrected chi connectivity index (χ0v) is 10.9. The molecule has 2 atom stereocenters. The Hall–Kier alpha value is -0.490. The summed E-state index contributed by atoms with van der Waals surface area (Å²) in [6.07, 6.45) is 2.25. The van der Waals surface area contributed by atoms with Crippen molar-refractivity contribution in [1.82, 2.24) is 0 Å². The SMILES string of the molecule is CCCC(Cl)C(C)c1cc(C)cc(C)c1. The van der Waals surface area contributed by atoms with E-state index in [0.29, 0.717) is 5.92 Å². The molecule has 1 aromatic rings. The van der Waals surface area contributed by atoms with Gasteiger partial charge in [-0.3, -0.25) is 0 Å². The maximum absolute atomic E-state index is 6.37. The number of rotatable bonds is 4. The number of aryl methyl sites for hydroxylation is 2. The third-order valence-corrected chi connectivity index (χ3v) is 3.47. The van der Waals surface area contributed by atoms with Crippen LogP contribution in [0.2, 0.25) is 0 Å². The lowest BCUT2D eigenvalue weighted by molar-refractivity contribution is 0.633. The van der Waals surface area contributed by atoms with Gasteiger partial charge in [-0.15, -0.1) is 11.6 Å². The molecule has 1 heteroatoms. The fourth-order valence-electron chi connectivity index (χ4n) is 2.01. The zero-order valence-electron chi connectivity index (χ0n) is 10.2. The van der Waals surface area contributed by atoms with Gasteiger partial charge in [0.15, 0.2) is 0 Å². The van der Waals surface area contributed by atoms with Crippen LogP contribution in [0, 0.1) is 13.8 Å². The summed E-state index contributed by atoms with van der Waals surface area (Å²) in [7, 11) is 0. The van der Waals surface area contributed by atoms with Gasteiger partial charge in [-0.1, -0.05) is 49.6 Å².